The van der Waals surface area contributed by atoms with Crippen LogP contribution in [0.5, 0.6) is 0 Å². The monoisotopic (exact) mass is 219 g/mol. The van der Waals surface area contributed by atoms with Gasteiger partial charge in [0.1, 0.15) is 0 Å². The number of thiophene rings is 1. The van der Waals surface area contributed by atoms with Crippen LogP contribution in [0.3, 0.4) is 0 Å². The van der Waals surface area contributed by atoms with Crippen LogP contribution >= 0.6 is 11.3 Å². The van der Waals surface area contributed by atoms with Crippen molar-refractivity contribution in [2.75, 3.05) is 0 Å². The highest BCUT2D eigenvalue weighted by atomic mass is 32.1. The summed E-state index contributed by atoms with van der Waals surface area (Å²) in [4.78, 5) is 11.1. The summed E-state index contributed by atoms with van der Waals surface area (Å²) in [7, 11) is 0. The third-order valence-corrected chi connectivity index (χ3v) is 3.16. The molecule has 0 aliphatic rings. The van der Waals surface area contributed by atoms with Gasteiger partial charge in [-0.2, -0.15) is 0 Å². The molecule has 0 saturated heterocycles. The second kappa shape index (κ2) is 3.82. The molecule has 15 heavy (non-hydrogen) atoms. The Bertz CT molecular complexity index is 505. The third-order valence-electron chi connectivity index (χ3n) is 2.07. The molecule has 1 heterocycles. The summed E-state index contributed by atoms with van der Waals surface area (Å²) in [6.07, 6.45) is 0. The van der Waals surface area contributed by atoms with E-state index in [-0.39, 0.29) is 9.92 Å². The van der Waals surface area contributed by atoms with Gasteiger partial charge in [-0.15, -0.1) is 0 Å². The molecular formula is C11H9NO2S. The van der Waals surface area contributed by atoms with Crippen molar-refractivity contribution in [3.63, 3.8) is 0 Å². The maximum Gasteiger partial charge on any atom is 0.324 e. The van der Waals surface area contributed by atoms with Gasteiger partial charge in [0, 0.05) is 10.9 Å². The lowest BCUT2D eigenvalue weighted by molar-refractivity contribution is -0.380. The summed E-state index contributed by atoms with van der Waals surface area (Å²) in [5.41, 5.74) is 2.19. The quantitative estimate of drug-likeness (QED) is 0.571. The zero-order valence-corrected chi connectivity index (χ0v) is 8.95. The van der Waals surface area contributed by atoms with Gasteiger partial charge in [-0.25, -0.2) is 0 Å². The predicted molar refractivity (Wildman–Crippen MR) is 61.1 cm³/mol. The van der Waals surface area contributed by atoms with Crippen LogP contribution in [0.1, 0.15) is 5.56 Å². The van der Waals surface area contributed by atoms with Gasteiger partial charge in [-0.3, -0.25) is 10.1 Å². The zero-order valence-electron chi connectivity index (χ0n) is 8.14. The summed E-state index contributed by atoms with van der Waals surface area (Å²) in [6.45, 7) is 2.01. The number of benzene rings is 1. The lowest BCUT2D eigenvalue weighted by atomic mass is 10.1. The number of hydrogen-bond donors (Lipinski definition) is 0. The van der Waals surface area contributed by atoms with E-state index in [1.807, 2.05) is 31.2 Å². The van der Waals surface area contributed by atoms with Crippen LogP contribution in [0.2, 0.25) is 0 Å². The van der Waals surface area contributed by atoms with Gasteiger partial charge in [-0.05, 0) is 18.6 Å². The molecule has 0 N–H and O–H groups in total. The fourth-order valence-electron chi connectivity index (χ4n) is 1.38. The molecule has 0 aliphatic heterocycles. The lowest BCUT2D eigenvalue weighted by Gasteiger charge is -1.97. The van der Waals surface area contributed by atoms with Crippen molar-refractivity contribution in [1.29, 1.82) is 0 Å². The molecule has 2 rings (SSSR count). The summed E-state index contributed by atoms with van der Waals surface area (Å²) < 4.78 is 0. The average molecular weight is 219 g/mol. The van der Waals surface area contributed by atoms with E-state index in [9.17, 15) is 10.1 Å². The summed E-state index contributed by atoms with van der Waals surface area (Å²) >= 11 is 1.20. The highest BCUT2D eigenvalue weighted by molar-refractivity contribution is 7.18. The van der Waals surface area contributed by atoms with Gasteiger partial charge in [0.25, 0.3) is 0 Å². The highest BCUT2D eigenvalue weighted by Gasteiger charge is 2.10. The van der Waals surface area contributed by atoms with Crippen molar-refractivity contribution >= 4 is 16.3 Å². The fraction of sp³-hybridized carbons (Fsp3) is 0.0909. The Kier molecular flexibility index (Phi) is 2.51. The summed E-state index contributed by atoms with van der Waals surface area (Å²) in [6, 6.07) is 11.3. The van der Waals surface area contributed by atoms with Crippen LogP contribution in [-0.4, -0.2) is 4.92 Å². The largest absolute Gasteiger partial charge is 0.324 e. The van der Waals surface area contributed by atoms with Gasteiger partial charge >= 0.3 is 5.00 Å². The number of nitro groups is 1. The Morgan fingerprint density at radius 2 is 2.07 bits per heavy atom. The maximum atomic E-state index is 10.5. The molecule has 0 unspecified atom stereocenters. The molecule has 0 bridgehead atoms. The first kappa shape index (κ1) is 9.86. The second-order valence-electron chi connectivity index (χ2n) is 3.26. The van der Waals surface area contributed by atoms with E-state index in [2.05, 4.69) is 0 Å². The van der Waals surface area contributed by atoms with E-state index >= 15 is 0 Å². The van der Waals surface area contributed by atoms with E-state index in [1.54, 1.807) is 12.1 Å². The Morgan fingerprint density at radius 3 is 2.67 bits per heavy atom. The Balaban J connectivity index is 2.41. The normalized spacial score (nSPS) is 10.2. The molecule has 1 aromatic carbocycles. The molecule has 3 nitrogen and oxygen atoms in total. The van der Waals surface area contributed by atoms with Crippen molar-refractivity contribution in [3.8, 4) is 10.4 Å². The predicted octanol–water partition coefficient (Wildman–Crippen LogP) is 3.63. The third kappa shape index (κ3) is 2.05. The van der Waals surface area contributed by atoms with Crippen LogP contribution in [0.4, 0.5) is 5.00 Å². The molecule has 0 spiro atoms. The molecule has 0 radical (unpaired) electrons. The van der Waals surface area contributed by atoms with Gasteiger partial charge < -0.3 is 0 Å². The maximum absolute atomic E-state index is 10.5. The molecule has 0 fully saturated rings. The topological polar surface area (TPSA) is 43.1 Å². The minimum Gasteiger partial charge on any atom is -0.258 e. The van der Waals surface area contributed by atoms with Crippen LogP contribution in [-0.2, 0) is 0 Å². The van der Waals surface area contributed by atoms with Crippen LogP contribution in [0, 0.1) is 17.0 Å². The summed E-state index contributed by atoms with van der Waals surface area (Å²) in [5.74, 6) is 0. The second-order valence-corrected chi connectivity index (χ2v) is 4.33. The average Bonchev–Trinajstić information content (AvgIpc) is 2.66. The minimum atomic E-state index is -0.357. The van der Waals surface area contributed by atoms with E-state index in [0.29, 0.717) is 0 Å². The fourth-order valence-corrected chi connectivity index (χ4v) is 2.20. The molecule has 0 saturated carbocycles. The molecule has 2 aromatic rings. The molecule has 4 heteroatoms. The number of aryl methyl sites for hydroxylation is 1. The van der Waals surface area contributed by atoms with Crippen LogP contribution < -0.4 is 0 Å². The SMILES string of the molecule is Cc1cccc(-c2ccc([N+](=O)[O-])s2)c1. The van der Waals surface area contributed by atoms with Crippen molar-refractivity contribution in [3.05, 3.63) is 52.1 Å². The first-order chi connectivity index (χ1) is 7.16. The molecule has 0 atom stereocenters. The number of nitrogens with zero attached hydrogens (tertiary/aromatic N) is 1. The van der Waals surface area contributed by atoms with Crippen LogP contribution in [0.25, 0.3) is 10.4 Å². The Morgan fingerprint density at radius 1 is 1.27 bits per heavy atom. The van der Waals surface area contributed by atoms with E-state index in [4.69, 9.17) is 0 Å². The Labute approximate surface area is 91.1 Å². The molecule has 0 amide bonds. The van der Waals surface area contributed by atoms with Gasteiger partial charge in [0.2, 0.25) is 0 Å². The molecular weight excluding hydrogens is 210 g/mol. The first-order valence-electron chi connectivity index (χ1n) is 4.48. The van der Waals surface area contributed by atoms with Gasteiger partial charge in [-0.1, -0.05) is 41.2 Å². The van der Waals surface area contributed by atoms with E-state index in [0.717, 1.165) is 16.0 Å². The van der Waals surface area contributed by atoms with Gasteiger partial charge in [0.05, 0.1) is 4.92 Å². The summed E-state index contributed by atoms with van der Waals surface area (Å²) in [5, 5.41) is 10.7. The Hall–Kier alpha value is -1.68. The molecule has 76 valence electrons. The van der Waals surface area contributed by atoms with Crippen molar-refractivity contribution in [2.24, 2.45) is 0 Å². The molecule has 1 aromatic heterocycles. The highest BCUT2D eigenvalue weighted by Crippen LogP contribution is 2.32. The minimum absolute atomic E-state index is 0.187. The lowest BCUT2D eigenvalue weighted by Crippen LogP contribution is -1.80. The smallest absolute Gasteiger partial charge is 0.258 e. The standard InChI is InChI=1S/C11H9NO2S/c1-8-3-2-4-9(7-8)10-5-6-11(15-10)12(13)14/h2-7H,1H3. The number of hydrogen-bond acceptors (Lipinski definition) is 3. The van der Waals surface area contributed by atoms with E-state index in [1.165, 1.54) is 11.3 Å². The van der Waals surface area contributed by atoms with Crippen molar-refractivity contribution < 1.29 is 4.92 Å². The van der Waals surface area contributed by atoms with Crippen molar-refractivity contribution in [1.82, 2.24) is 0 Å². The van der Waals surface area contributed by atoms with E-state index < -0.39 is 0 Å². The number of rotatable bonds is 2. The van der Waals surface area contributed by atoms with Crippen molar-refractivity contribution in [2.45, 2.75) is 6.92 Å². The van der Waals surface area contributed by atoms with Gasteiger partial charge in [0.15, 0.2) is 0 Å². The first-order valence-corrected chi connectivity index (χ1v) is 5.30. The molecule has 0 aliphatic carbocycles. The van der Waals surface area contributed by atoms with Crippen LogP contribution in [0.15, 0.2) is 36.4 Å². The zero-order chi connectivity index (χ0) is 10.8.